The second kappa shape index (κ2) is 6.44. The molecular formula is C16H20BrFN2O. The maximum atomic E-state index is 13.5. The first kappa shape index (κ1) is 15.0. The number of amides is 1. The third-order valence-electron chi connectivity index (χ3n) is 4.21. The van der Waals surface area contributed by atoms with Gasteiger partial charge in [-0.15, -0.1) is 0 Å². The SMILES string of the molecule is O=C(c1cc(F)cc(Br)c1)N(CC1CCCNC1)C1CC1. The van der Waals surface area contributed by atoms with Crippen molar-refractivity contribution in [1.29, 1.82) is 0 Å². The molecule has 1 aliphatic carbocycles. The molecule has 0 aromatic heterocycles. The number of piperidine rings is 1. The van der Waals surface area contributed by atoms with Crippen molar-refractivity contribution in [2.75, 3.05) is 19.6 Å². The van der Waals surface area contributed by atoms with E-state index in [0.29, 0.717) is 22.0 Å². The molecule has 0 spiro atoms. The Kier molecular flexibility index (Phi) is 4.60. The summed E-state index contributed by atoms with van der Waals surface area (Å²) in [4.78, 5) is 14.7. The van der Waals surface area contributed by atoms with Crippen LogP contribution in [0.1, 0.15) is 36.0 Å². The average Bonchev–Trinajstić information content (AvgIpc) is 3.29. The molecular weight excluding hydrogens is 335 g/mol. The number of nitrogens with one attached hydrogen (secondary N) is 1. The molecule has 1 aromatic rings. The van der Waals surface area contributed by atoms with Crippen LogP contribution >= 0.6 is 15.9 Å². The number of benzene rings is 1. The monoisotopic (exact) mass is 354 g/mol. The van der Waals surface area contributed by atoms with Gasteiger partial charge in [0.15, 0.2) is 0 Å². The molecule has 1 unspecified atom stereocenters. The van der Waals surface area contributed by atoms with Crippen molar-refractivity contribution >= 4 is 21.8 Å². The molecule has 3 rings (SSSR count). The fourth-order valence-electron chi connectivity index (χ4n) is 2.99. The lowest BCUT2D eigenvalue weighted by molar-refractivity contribution is 0.0703. The minimum absolute atomic E-state index is 0.0386. The van der Waals surface area contributed by atoms with Gasteiger partial charge < -0.3 is 10.2 Å². The van der Waals surface area contributed by atoms with Gasteiger partial charge in [-0.2, -0.15) is 0 Å². The van der Waals surface area contributed by atoms with Crippen molar-refractivity contribution in [3.8, 4) is 0 Å². The molecule has 5 heteroatoms. The Hall–Kier alpha value is -0.940. The second-order valence-electron chi connectivity index (χ2n) is 6.06. The number of carbonyl (C=O) groups excluding carboxylic acids is 1. The van der Waals surface area contributed by atoms with Crippen molar-refractivity contribution in [2.45, 2.75) is 31.7 Å². The molecule has 0 bridgehead atoms. The normalized spacial score (nSPS) is 22.1. The predicted molar refractivity (Wildman–Crippen MR) is 83.8 cm³/mol. The van der Waals surface area contributed by atoms with Crippen molar-refractivity contribution in [2.24, 2.45) is 5.92 Å². The minimum atomic E-state index is -0.372. The quantitative estimate of drug-likeness (QED) is 0.900. The largest absolute Gasteiger partial charge is 0.335 e. The molecule has 114 valence electrons. The molecule has 1 heterocycles. The molecule has 1 N–H and O–H groups in total. The van der Waals surface area contributed by atoms with Crippen LogP contribution < -0.4 is 5.32 Å². The minimum Gasteiger partial charge on any atom is -0.335 e. The predicted octanol–water partition coefficient (Wildman–Crippen LogP) is 3.19. The average molecular weight is 355 g/mol. The highest BCUT2D eigenvalue weighted by molar-refractivity contribution is 9.10. The number of hydrogen-bond acceptors (Lipinski definition) is 2. The first-order valence-electron chi connectivity index (χ1n) is 7.61. The van der Waals surface area contributed by atoms with Gasteiger partial charge in [0, 0.05) is 22.6 Å². The molecule has 21 heavy (non-hydrogen) atoms. The van der Waals surface area contributed by atoms with Gasteiger partial charge in [0.25, 0.3) is 5.91 Å². The van der Waals surface area contributed by atoms with E-state index in [1.54, 1.807) is 6.07 Å². The highest BCUT2D eigenvalue weighted by Crippen LogP contribution is 2.30. The lowest BCUT2D eigenvalue weighted by Gasteiger charge is -2.30. The fraction of sp³-hybridized carbons (Fsp3) is 0.562. The Morgan fingerprint density at radius 3 is 2.76 bits per heavy atom. The van der Waals surface area contributed by atoms with Crippen LogP contribution in [0.2, 0.25) is 0 Å². The summed E-state index contributed by atoms with van der Waals surface area (Å²) in [5, 5.41) is 3.39. The van der Waals surface area contributed by atoms with Gasteiger partial charge in [-0.3, -0.25) is 4.79 Å². The summed E-state index contributed by atoms with van der Waals surface area (Å²) in [6.45, 7) is 2.83. The summed E-state index contributed by atoms with van der Waals surface area (Å²) in [5.41, 5.74) is 0.442. The Morgan fingerprint density at radius 2 is 2.14 bits per heavy atom. The van der Waals surface area contributed by atoms with Gasteiger partial charge >= 0.3 is 0 Å². The summed E-state index contributed by atoms with van der Waals surface area (Å²) >= 11 is 3.26. The molecule has 1 aromatic carbocycles. The van der Waals surface area contributed by atoms with E-state index < -0.39 is 0 Å². The van der Waals surface area contributed by atoms with Crippen LogP contribution in [0, 0.1) is 11.7 Å². The molecule has 1 atom stereocenters. The van der Waals surface area contributed by atoms with Crippen molar-refractivity contribution < 1.29 is 9.18 Å². The fourth-order valence-corrected chi connectivity index (χ4v) is 3.45. The summed E-state index contributed by atoms with van der Waals surface area (Å²) < 4.78 is 14.1. The van der Waals surface area contributed by atoms with Gasteiger partial charge in [0.05, 0.1) is 0 Å². The van der Waals surface area contributed by atoms with E-state index >= 15 is 0 Å². The maximum absolute atomic E-state index is 13.5. The van der Waals surface area contributed by atoms with E-state index in [1.165, 1.54) is 18.6 Å². The Morgan fingerprint density at radius 1 is 1.33 bits per heavy atom. The van der Waals surface area contributed by atoms with Crippen molar-refractivity contribution in [1.82, 2.24) is 10.2 Å². The Bertz CT molecular complexity index is 507. The van der Waals surface area contributed by atoms with Gasteiger partial charge in [-0.1, -0.05) is 15.9 Å². The summed E-state index contributed by atoms with van der Waals surface area (Å²) in [7, 11) is 0. The van der Waals surface area contributed by atoms with Gasteiger partial charge in [-0.05, 0) is 62.9 Å². The van der Waals surface area contributed by atoms with Crippen LogP contribution in [0.25, 0.3) is 0 Å². The number of nitrogens with zero attached hydrogens (tertiary/aromatic N) is 1. The molecule has 1 amide bonds. The molecule has 1 aliphatic heterocycles. The van der Waals surface area contributed by atoms with Crippen molar-refractivity contribution in [3.05, 3.63) is 34.1 Å². The summed E-state index contributed by atoms with van der Waals surface area (Å²) in [6, 6.07) is 4.77. The summed E-state index contributed by atoms with van der Waals surface area (Å²) in [5.74, 6) is 0.103. The van der Waals surface area contributed by atoms with Crippen LogP contribution in [0.5, 0.6) is 0 Å². The maximum Gasteiger partial charge on any atom is 0.254 e. The number of halogens is 2. The topological polar surface area (TPSA) is 32.3 Å². The molecule has 1 saturated carbocycles. The zero-order valence-corrected chi connectivity index (χ0v) is 13.5. The Labute approximate surface area is 133 Å². The highest BCUT2D eigenvalue weighted by atomic mass is 79.9. The molecule has 2 fully saturated rings. The van der Waals surface area contributed by atoms with E-state index in [0.717, 1.165) is 38.9 Å². The third-order valence-corrected chi connectivity index (χ3v) is 4.67. The van der Waals surface area contributed by atoms with Gasteiger partial charge in [0.2, 0.25) is 0 Å². The molecule has 2 aliphatic rings. The van der Waals surface area contributed by atoms with Crippen LogP contribution in [0.15, 0.2) is 22.7 Å². The lowest BCUT2D eigenvalue weighted by atomic mass is 9.98. The third kappa shape index (κ3) is 3.83. The van der Waals surface area contributed by atoms with Gasteiger partial charge in [0.1, 0.15) is 5.82 Å². The smallest absolute Gasteiger partial charge is 0.254 e. The zero-order chi connectivity index (χ0) is 14.8. The lowest BCUT2D eigenvalue weighted by Crippen LogP contribution is -2.42. The van der Waals surface area contributed by atoms with E-state index in [1.807, 2.05) is 4.90 Å². The van der Waals surface area contributed by atoms with Crippen molar-refractivity contribution in [3.63, 3.8) is 0 Å². The van der Waals surface area contributed by atoms with E-state index in [-0.39, 0.29) is 11.7 Å². The number of rotatable bonds is 4. The molecule has 0 radical (unpaired) electrons. The van der Waals surface area contributed by atoms with E-state index in [4.69, 9.17) is 0 Å². The molecule has 3 nitrogen and oxygen atoms in total. The molecule has 1 saturated heterocycles. The summed E-state index contributed by atoms with van der Waals surface area (Å²) in [6.07, 6.45) is 4.48. The second-order valence-corrected chi connectivity index (χ2v) is 6.97. The zero-order valence-electron chi connectivity index (χ0n) is 11.9. The van der Waals surface area contributed by atoms with Crippen LogP contribution in [0.3, 0.4) is 0 Å². The number of carbonyl (C=O) groups is 1. The van der Waals surface area contributed by atoms with Crippen LogP contribution in [-0.4, -0.2) is 36.5 Å². The highest BCUT2D eigenvalue weighted by Gasteiger charge is 2.34. The standard InChI is InChI=1S/C16H20BrFN2O/c17-13-6-12(7-14(18)8-13)16(21)20(15-3-4-15)10-11-2-1-5-19-9-11/h6-8,11,15,19H,1-5,9-10H2. The van der Waals surface area contributed by atoms with Gasteiger partial charge in [-0.25, -0.2) is 4.39 Å². The van der Waals surface area contributed by atoms with E-state index in [2.05, 4.69) is 21.2 Å². The first-order valence-corrected chi connectivity index (χ1v) is 8.40. The van der Waals surface area contributed by atoms with E-state index in [9.17, 15) is 9.18 Å². The number of hydrogen-bond donors (Lipinski definition) is 1. The van der Waals surface area contributed by atoms with Crippen LogP contribution in [0.4, 0.5) is 4.39 Å². The first-order chi connectivity index (χ1) is 10.1. The Balaban J connectivity index is 1.74. The van der Waals surface area contributed by atoms with Crippen LogP contribution in [-0.2, 0) is 0 Å².